The zero-order chi connectivity index (χ0) is 20.9. The van der Waals surface area contributed by atoms with Crippen molar-refractivity contribution in [3.63, 3.8) is 0 Å². The molecule has 0 radical (unpaired) electrons. The standard InChI is InChI=1S/C21H22N6O2S/c22-17-18(20(28)24-14-15-6-2-1-3-7-15)25-30-19(17)21(29)27-12-10-26(11-13-27)16-8-4-5-9-23-16/h1-9H,10-14,22H2,(H,24,28). The quantitative estimate of drug-likeness (QED) is 0.652. The Balaban J connectivity index is 1.37. The zero-order valence-electron chi connectivity index (χ0n) is 16.3. The van der Waals surface area contributed by atoms with Gasteiger partial charge in [0.25, 0.3) is 11.8 Å². The molecule has 1 fully saturated rings. The molecule has 3 heterocycles. The molecule has 1 aromatic carbocycles. The van der Waals surface area contributed by atoms with Gasteiger partial charge >= 0.3 is 0 Å². The number of aromatic nitrogens is 2. The number of pyridine rings is 1. The molecule has 8 nitrogen and oxygen atoms in total. The first-order valence-corrected chi connectivity index (χ1v) is 10.4. The molecule has 0 saturated carbocycles. The molecule has 3 aromatic rings. The highest BCUT2D eigenvalue weighted by Gasteiger charge is 2.28. The molecule has 0 unspecified atom stereocenters. The molecule has 0 spiro atoms. The summed E-state index contributed by atoms with van der Waals surface area (Å²) in [6, 6.07) is 15.4. The van der Waals surface area contributed by atoms with Crippen molar-refractivity contribution in [2.24, 2.45) is 0 Å². The summed E-state index contributed by atoms with van der Waals surface area (Å²) in [5.74, 6) is 0.332. The largest absolute Gasteiger partial charge is 0.395 e. The molecule has 3 N–H and O–H groups in total. The van der Waals surface area contributed by atoms with Crippen molar-refractivity contribution in [3.05, 3.63) is 70.9 Å². The topological polar surface area (TPSA) is 104 Å². The third-order valence-electron chi connectivity index (χ3n) is 4.97. The van der Waals surface area contributed by atoms with Gasteiger partial charge in [-0.25, -0.2) is 4.98 Å². The van der Waals surface area contributed by atoms with E-state index < -0.39 is 0 Å². The third kappa shape index (κ3) is 4.25. The molecule has 1 aliphatic heterocycles. The second-order valence-corrected chi connectivity index (χ2v) is 7.68. The summed E-state index contributed by atoms with van der Waals surface area (Å²) in [6.45, 7) is 2.86. The van der Waals surface area contributed by atoms with Crippen LogP contribution in [0.15, 0.2) is 54.7 Å². The van der Waals surface area contributed by atoms with Crippen molar-refractivity contribution in [1.29, 1.82) is 0 Å². The number of anilines is 2. The van der Waals surface area contributed by atoms with Crippen molar-refractivity contribution < 1.29 is 9.59 Å². The molecule has 154 valence electrons. The molecule has 0 bridgehead atoms. The van der Waals surface area contributed by atoms with Crippen molar-refractivity contribution in [1.82, 2.24) is 19.6 Å². The summed E-state index contributed by atoms with van der Waals surface area (Å²) in [7, 11) is 0. The molecule has 1 aliphatic rings. The number of rotatable bonds is 5. The summed E-state index contributed by atoms with van der Waals surface area (Å²) >= 11 is 0.972. The first-order chi connectivity index (χ1) is 14.6. The molecular weight excluding hydrogens is 400 g/mol. The third-order valence-corrected chi connectivity index (χ3v) is 5.82. The average molecular weight is 423 g/mol. The number of nitrogen functional groups attached to an aromatic ring is 1. The number of nitrogens with one attached hydrogen (secondary N) is 1. The molecule has 2 aromatic heterocycles. The number of nitrogens with zero attached hydrogens (tertiary/aromatic N) is 4. The van der Waals surface area contributed by atoms with Crippen LogP contribution in [0.25, 0.3) is 0 Å². The first kappa shape index (κ1) is 19.8. The minimum Gasteiger partial charge on any atom is -0.395 e. The van der Waals surface area contributed by atoms with Crippen molar-refractivity contribution >= 4 is 34.9 Å². The lowest BCUT2D eigenvalue weighted by Crippen LogP contribution is -2.49. The number of nitrogens with two attached hydrogens (primary N) is 1. The van der Waals surface area contributed by atoms with Crippen molar-refractivity contribution in [3.8, 4) is 0 Å². The maximum absolute atomic E-state index is 12.9. The minimum atomic E-state index is -0.383. The summed E-state index contributed by atoms with van der Waals surface area (Å²) < 4.78 is 4.14. The fourth-order valence-electron chi connectivity index (χ4n) is 3.30. The van der Waals surface area contributed by atoms with Crippen molar-refractivity contribution in [2.45, 2.75) is 6.54 Å². The molecule has 0 aliphatic carbocycles. The number of piperazine rings is 1. The van der Waals surface area contributed by atoms with Gasteiger partial charge in [0.1, 0.15) is 10.7 Å². The van der Waals surface area contributed by atoms with Gasteiger partial charge in [-0.3, -0.25) is 9.59 Å². The minimum absolute atomic E-state index is 0.103. The zero-order valence-corrected chi connectivity index (χ0v) is 17.1. The second kappa shape index (κ2) is 8.91. The molecule has 1 saturated heterocycles. The first-order valence-electron chi connectivity index (χ1n) is 9.66. The van der Waals surface area contributed by atoms with Crippen LogP contribution in [0.1, 0.15) is 25.7 Å². The maximum Gasteiger partial charge on any atom is 0.273 e. The highest BCUT2D eigenvalue weighted by molar-refractivity contribution is 7.09. The van der Waals surface area contributed by atoms with E-state index in [1.807, 2.05) is 48.5 Å². The van der Waals surface area contributed by atoms with Crippen LogP contribution in [0.4, 0.5) is 11.5 Å². The average Bonchev–Trinajstić information content (AvgIpc) is 3.19. The molecular formula is C21H22N6O2S. The summed E-state index contributed by atoms with van der Waals surface area (Å²) in [4.78, 5) is 33.9. The lowest BCUT2D eigenvalue weighted by Gasteiger charge is -2.35. The van der Waals surface area contributed by atoms with Gasteiger partial charge in [-0.2, -0.15) is 4.37 Å². The molecule has 0 atom stereocenters. The van der Waals surface area contributed by atoms with E-state index in [4.69, 9.17) is 5.73 Å². The Bertz CT molecular complexity index is 1020. The maximum atomic E-state index is 12.9. The van der Waals surface area contributed by atoms with Gasteiger partial charge in [0.2, 0.25) is 0 Å². The van der Waals surface area contributed by atoms with Gasteiger partial charge in [-0.05, 0) is 29.2 Å². The fourth-order valence-corrected chi connectivity index (χ4v) is 4.07. The van der Waals surface area contributed by atoms with Gasteiger partial charge in [-0.1, -0.05) is 36.4 Å². The predicted molar refractivity (Wildman–Crippen MR) is 116 cm³/mol. The smallest absolute Gasteiger partial charge is 0.273 e. The number of hydrogen-bond donors (Lipinski definition) is 2. The van der Waals surface area contributed by atoms with Crippen LogP contribution < -0.4 is 16.0 Å². The van der Waals surface area contributed by atoms with Gasteiger partial charge in [0, 0.05) is 38.9 Å². The Kier molecular flexibility index (Phi) is 5.89. The van der Waals surface area contributed by atoms with E-state index in [0.29, 0.717) is 37.6 Å². The van der Waals surface area contributed by atoms with Gasteiger partial charge in [0.15, 0.2) is 5.69 Å². The normalized spacial score (nSPS) is 13.9. The van der Waals surface area contributed by atoms with E-state index >= 15 is 0 Å². The van der Waals surface area contributed by atoms with Crippen LogP contribution in [0, 0.1) is 0 Å². The Hall–Kier alpha value is -3.46. The van der Waals surface area contributed by atoms with Crippen LogP contribution >= 0.6 is 11.5 Å². The Labute approximate surface area is 178 Å². The van der Waals surface area contributed by atoms with E-state index in [9.17, 15) is 9.59 Å². The lowest BCUT2D eigenvalue weighted by molar-refractivity contribution is 0.0752. The number of carbonyl (C=O) groups excluding carboxylic acids is 2. The van der Waals surface area contributed by atoms with Crippen LogP contribution in [-0.4, -0.2) is 52.3 Å². The molecule has 4 rings (SSSR count). The van der Waals surface area contributed by atoms with E-state index in [1.165, 1.54) is 0 Å². The Morgan fingerprint density at radius 2 is 1.77 bits per heavy atom. The Morgan fingerprint density at radius 1 is 1.03 bits per heavy atom. The van der Waals surface area contributed by atoms with Crippen LogP contribution in [0.2, 0.25) is 0 Å². The summed E-state index contributed by atoms with van der Waals surface area (Å²) in [5, 5.41) is 2.80. The molecule has 30 heavy (non-hydrogen) atoms. The number of hydrogen-bond acceptors (Lipinski definition) is 7. The fraction of sp³-hybridized carbons (Fsp3) is 0.238. The van der Waals surface area contributed by atoms with Crippen molar-refractivity contribution in [2.75, 3.05) is 36.8 Å². The monoisotopic (exact) mass is 422 g/mol. The van der Waals surface area contributed by atoms with Crippen LogP contribution in [0.3, 0.4) is 0 Å². The number of carbonyl (C=O) groups is 2. The number of amides is 2. The molecule has 9 heteroatoms. The lowest BCUT2D eigenvalue weighted by atomic mass is 10.2. The van der Waals surface area contributed by atoms with E-state index in [-0.39, 0.29) is 23.2 Å². The van der Waals surface area contributed by atoms with E-state index in [1.54, 1.807) is 11.1 Å². The Morgan fingerprint density at radius 3 is 2.47 bits per heavy atom. The van der Waals surface area contributed by atoms with E-state index in [2.05, 4.69) is 19.6 Å². The van der Waals surface area contributed by atoms with Crippen LogP contribution in [0.5, 0.6) is 0 Å². The summed E-state index contributed by atoms with van der Waals surface area (Å²) in [5.41, 5.74) is 7.34. The van der Waals surface area contributed by atoms with Gasteiger partial charge < -0.3 is 20.9 Å². The predicted octanol–water partition coefficient (Wildman–Crippen LogP) is 2.01. The summed E-state index contributed by atoms with van der Waals surface area (Å²) in [6.07, 6.45) is 1.76. The van der Waals surface area contributed by atoms with Gasteiger partial charge in [-0.15, -0.1) is 0 Å². The van der Waals surface area contributed by atoms with Crippen LogP contribution in [-0.2, 0) is 6.54 Å². The number of benzene rings is 1. The van der Waals surface area contributed by atoms with Gasteiger partial charge in [0.05, 0.1) is 5.69 Å². The second-order valence-electron chi connectivity index (χ2n) is 6.91. The SMILES string of the molecule is Nc1c(C(=O)NCc2ccccc2)nsc1C(=O)N1CCN(c2ccccn2)CC1. The van der Waals surface area contributed by atoms with E-state index in [0.717, 1.165) is 22.9 Å². The highest BCUT2D eigenvalue weighted by atomic mass is 32.1. The highest BCUT2D eigenvalue weighted by Crippen LogP contribution is 2.24. The molecule has 2 amide bonds.